The van der Waals surface area contributed by atoms with Crippen molar-refractivity contribution >= 4 is 5.97 Å². The van der Waals surface area contributed by atoms with E-state index in [-0.39, 0.29) is 0 Å². The van der Waals surface area contributed by atoms with E-state index in [4.69, 9.17) is 4.74 Å². The van der Waals surface area contributed by atoms with Gasteiger partial charge in [0.25, 0.3) is 0 Å². The maximum Gasteiger partial charge on any atom is 0.349 e. The van der Waals surface area contributed by atoms with E-state index in [1.54, 1.807) is 52.7 Å². The molecule has 3 rings (SSSR count). The van der Waals surface area contributed by atoms with Gasteiger partial charge in [-0.15, -0.1) is 0 Å². The van der Waals surface area contributed by atoms with Crippen molar-refractivity contribution in [3.63, 3.8) is 0 Å². The lowest BCUT2D eigenvalue weighted by atomic mass is 10.2. The Morgan fingerprint density at radius 3 is 2.82 bits per heavy atom. The minimum Gasteiger partial charge on any atom is -0.419 e. The zero-order valence-electron chi connectivity index (χ0n) is 12.6. The van der Waals surface area contributed by atoms with Gasteiger partial charge in [0.1, 0.15) is 5.56 Å². The molecule has 3 aromatic rings. The highest BCUT2D eigenvalue weighted by Gasteiger charge is 2.24. The maximum absolute atomic E-state index is 12.5. The van der Waals surface area contributed by atoms with E-state index < -0.39 is 5.97 Å². The fourth-order valence-electron chi connectivity index (χ4n) is 2.27. The molecule has 22 heavy (non-hydrogen) atoms. The number of rotatable bonds is 4. The molecule has 0 spiro atoms. The molecule has 0 N–H and O–H groups in total. The fourth-order valence-corrected chi connectivity index (χ4v) is 2.27. The maximum atomic E-state index is 12.5. The van der Waals surface area contributed by atoms with Crippen molar-refractivity contribution in [1.29, 1.82) is 0 Å². The first-order chi connectivity index (χ1) is 10.6. The van der Waals surface area contributed by atoms with Crippen molar-refractivity contribution in [3.8, 4) is 11.6 Å². The summed E-state index contributed by atoms with van der Waals surface area (Å²) >= 11 is 0. The molecule has 0 aromatic carbocycles. The number of aromatic nitrogens is 6. The Bertz CT molecular complexity index is 800. The molecule has 8 heteroatoms. The molecule has 3 heterocycles. The molecule has 0 unspecified atom stereocenters. The van der Waals surface area contributed by atoms with Crippen molar-refractivity contribution in [1.82, 2.24) is 29.3 Å². The summed E-state index contributed by atoms with van der Waals surface area (Å²) in [5.41, 5.74) is 0.969. The highest BCUT2D eigenvalue weighted by Crippen LogP contribution is 2.20. The van der Waals surface area contributed by atoms with Gasteiger partial charge in [0.15, 0.2) is 11.6 Å². The first-order valence-electron chi connectivity index (χ1n) is 6.88. The minimum atomic E-state index is -0.480. The average molecular weight is 300 g/mol. The van der Waals surface area contributed by atoms with Crippen LogP contribution in [0.3, 0.4) is 0 Å². The van der Waals surface area contributed by atoms with Crippen LogP contribution in [0, 0.1) is 6.92 Å². The van der Waals surface area contributed by atoms with Crippen molar-refractivity contribution in [2.75, 3.05) is 0 Å². The van der Waals surface area contributed by atoms with Gasteiger partial charge in [-0.25, -0.2) is 14.2 Å². The van der Waals surface area contributed by atoms with E-state index >= 15 is 0 Å². The van der Waals surface area contributed by atoms with Crippen LogP contribution in [0.25, 0.3) is 5.82 Å². The summed E-state index contributed by atoms with van der Waals surface area (Å²) in [5.74, 6) is 0.489. The zero-order valence-corrected chi connectivity index (χ0v) is 12.6. The van der Waals surface area contributed by atoms with Crippen molar-refractivity contribution in [3.05, 3.63) is 42.1 Å². The zero-order chi connectivity index (χ0) is 15.7. The van der Waals surface area contributed by atoms with Gasteiger partial charge in [-0.05, 0) is 19.9 Å². The second kappa shape index (κ2) is 5.47. The van der Waals surface area contributed by atoms with Crippen LogP contribution in [0.15, 0.2) is 30.9 Å². The third-order valence-corrected chi connectivity index (χ3v) is 3.26. The molecule has 0 aliphatic carbocycles. The van der Waals surface area contributed by atoms with Gasteiger partial charge in [-0.1, -0.05) is 0 Å². The summed E-state index contributed by atoms with van der Waals surface area (Å²) in [6.07, 6.45) is 6.59. The smallest absolute Gasteiger partial charge is 0.349 e. The molecule has 3 aromatic heterocycles. The van der Waals surface area contributed by atoms with E-state index in [2.05, 4.69) is 15.3 Å². The van der Waals surface area contributed by atoms with E-state index in [9.17, 15) is 4.79 Å². The lowest BCUT2D eigenvalue weighted by Crippen LogP contribution is -2.14. The Balaban J connectivity index is 1.95. The molecule has 114 valence electrons. The Kier molecular flexibility index (Phi) is 3.50. The molecule has 8 nitrogen and oxygen atoms in total. The third-order valence-electron chi connectivity index (χ3n) is 3.26. The average Bonchev–Trinajstić information content (AvgIpc) is 3.18. The molecule has 0 saturated carbocycles. The Morgan fingerprint density at radius 1 is 1.36 bits per heavy atom. The van der Waals surface area contributed by atoms with Crippen LogP contribution < -0.4 is 4.74 Å². The van der Waals surface area contributed by atoms with Crippen LogP contribution in [0.2, 0.25) is 0 Å². The fraction of sp³-hybridized carbons (Fsp3) is 0.286. The lowest BCUT2D eigenvalue weighted by molar-refractivity contribution is 0.0733. The largest absolute Gasteiger partial charge is 0.419 e. The van der Waals surface area contributed by atoms with Gasteiger partial charge in [0.2, 0.25) is 0 Å². The predicted molar refractivity (Wildman–Crippen MR) is 77.9 cm³/mol. The van der Waals surface area contributed by atoms with E-state index in [0.717, 1.165) is 0 Å². The number of esters is 1. The predicted octanol–water partition coefficient (Wildman–Crippen LogP) is 1.35. The summed E-state index contributed by atoms with van der Waals surface area (Å²) in [6.45, 7) is 4.43. The van der Waals surface area contributed by atoms with Gasteiger partial charge >= 0.3 is 5.97 Å². The molecular formula is C14H16N6O2. The Hall–Kier alpha value is -2.90. The summed E-state index contributed by atoms with van der Waals surface area (Å²) in [6, 6.07) is 1.78. The van der Waals surface area contributed by atoms with E-state index in [1.807, 2.05) is 6.92 Å². The van der Waals surface area contributed by atoms with Crippen molar-refractivity contribution < 1.29 is 9.53 Å². The molecule has 0 fully saturated rings. The quantitative estimate of drug-likeness (QED) is 0.679. The minimum absolute atomic E-state index is 0.385. The first-order valence-corrected chi connectivity index (χ1v) is 6.88. The molecule has 0 bridgehead atoms. The molecule has 0 saturated heterocycles. The molecular weight excluding hydrogens is 284 g/mol. The molecule has 0 radical (unpaired) electrons. The lowest BCUT2D eigenvalue weighted by Gasteiger charge is -2.06. The molecule has 0 amide bonds. The number of carbonyl (C=O) groups is 1. The second-order valence-electron chi connectivity index (χ2n) is 4.78. The first kappa shape index (κ1) is 14.1. The van der Waals surface area contributed by atoms with Gasteiger partial charge in [0.05, 0.1) is 18.1 Å². The molecule has 0 aliphatic heterocycles. The number of hydrogen-bond donors (Lipinski definition) is 0. The highest BCUT2D eigenvalue weighted by atomic mass is 16.5. The van der Waals surface area contributed by atoms with Crippen LogP contribution in [0.4, 0.5) is 0 Å². The highest BCUT2D eigenvalue weighted by molar-refractivity contribution is 5.95. The van der Waals surface area contributed by atoms with Gasteiger partial charge in [-0.2, -0.15) is 15.3 Å². The Labute approximate surface area is 126 Å². The van der Waals surface area contributed by atoms with Gasteiger partial charge in [-0.3, -0.25) is 4.68 Å². The van der Waals surface area contributed by atoms with E-state index in [0.29, 0.717) is 29.4 Å². The summed E-state index contributed by atoms with van der Waals surface area (Å²) < 4.78 is 10.3. The van der Waals surface area contributed by atoms with E-state index in [1.165, 1.54) is 6.20 Å². The topological polar surface area (TPSA) is 79.8 Å². The van der Waals surface area contributed by atoms with Crippen LogP contribution in [-0.4, -0.2) is 35.3 Å². The standard InChI is InChI=1S/C14H16N6O2/c1-4-19-9-11(8-16-19)22-14(21)12-10(2)17-18(3)13(12)20-7-5-6-15-20/h5-9H,4H2,1-3H3. The summed E-state index contributed by atoms with van der Waals surface area (Å²) in [5, 5.41) is 12.5. The normalized spacial score (nSPS) is 10.9. The number of hydrogen-bond acceptors (Lipinski definition) is 5. The molecule has 0 aliphatic rings. The summed E-state index contributed by atoms with van der Waals surface area (Å²) in [7, 11) is 1.76. The molecule has 0 atom stereocenters. The van der Waals surface area contributed by atoms with Crippen LogP contribution in [0.1, 0.15) is 23.0 Å². The Morgan fingerprint density at radius 2 is 2.18 bits per heavy atom. The van der Waals surface area contributed by atoms with Gasteiger partial charge < -0.3 is 4.74 Å². The van der Waals surface area contributed by atoms with Gasteiger partial charge in [0, 0.05) is 26.0 Å². The van der Waals surface area contributed by atoms with Crippen molar-refractivity contribution in [2.45, 2.75) is 20.4 Å². The number of ether oxygens (including phenoxy) is 1. The van der Waals surface area contributed by atoms with Crippen LogP contribution in [0.5, 0.6) is 5.75 Å². The second-order valence-corrected chi connectivity index (χ2v) is 4.78. The SMILES string of the molecule is CCn1cc(OC(=O)c2c(C)nn(C)c2-n2cccn2)cn1. The monoisotopic (exact) mass is 300 g/mol. The number of aryl methyl sites for hydroxylation is 3. The summed E-state index contributed by atoms with van der Waals surface area (Å²) in [4.78, 5) is 12.5. The third kappa shape index (κ3) is 2.39. The van der Waals surface area contributed by atoms with Crippen LogP contribution >= 0.6 is 0 Å². The number of nitrogens with zero attached hydrogens (tertiary/aromatic N) is 6. The van der Waals surface area contributed by atoms with Crippen LogP contribution in [-0.2, 0) is 13.6 Å². The van der Waals surface area contributed by atoms with Crippen molar-refractivity contribution in [2.24, 2.45) is 7.05 Å². The number of carbonyl (C=O) groups excluding carboxylic acids is 1.